The highest BCUT2D eigenvalue weighted by Gasteiger charge is 2.19. The summed E-state index contributed by atoms with van der Waals surface area (Å²) >= 11 is 0. The summed E-state index contributed by atoms with van der Waals surface area (Å²) in [6.07, 6.45) is 75.7. The molecular formula is C65H116O6. The van der Waals surface area contributed by atoms with Crippen molar-refractivity contribution >= 4 is 17.9 Å². The van der Waals surface area contributed by atoms with Crippen molar-refractivity contribution in [1.82, 2.24) is 0 Å². The predicted molar refractivity (Wildman–Crippen MR) is 307 cm³/mol. The largest absolute Gasteiger partial charge is 0.462 e. The van der Waals surface area contributed by atoms with Crippen LogP contribution in [0.3, 0.4) is 0 Å². The number of hydrogen-bond donors (Lipinski definition) is 0. The van der Waals surface area contributed by atoms with Crippen LogP contribution in [0.15, 0.2) is 60.8 Å². The van der Waals surface area contributed by atoms with Crippen molar-refractivity contribution in [1.29, 1.82) is 0 Å². The summed E-state index contributed by atoms with van der Waals surface area (Å²) in [6.45, 7) is 6.46. The van der Waals surface area contributed by atoms with E-state index in [0.717, 1.165) is 96.3 Å². The lowest BCUT2D eigenvalue weighted by Crippen LogP contribution is -2.30. The molecule has 0 aliphatic rings. The second kappa shape index (κ2) is 59.7. The Hall–Kier alpha value is -2.89. The lowest BCUT2D eigenvalue weighted by Gasteiger charge is -2.18. The van der Waals surface area contributed by atoms with Gasteiger partial charge < -0.3 is 14.2 Å². The van der Waals surface area contributed by atoms with Crippen LogP contribution in [0.1, 0.15) is 316 Å². The summed E-state index contributed by atoms with van der Waals surface area (Å²) in [6, 6.07) is 0. The van der Waals surface area contributed by atoms with Gasteiger partial charge in [0.2, 0.25) is 0 Å². The summed E-state index contributed by atoms with van der Waals surface area (Å²) in [4.78, 5) is 37.8. The van der Waals surface area contributed by atoms with Crippen molar-refractivity contribution in [3.05, 3.63) is 60.8 Å². The Balaban J connectivity index is 3.88. The molecule has 6 nitrogen and oxygen atoms in total. The number of hydrogen-bond acceptors (Lipinski definition) is 6. The van der Waals surface area contributed by atoms with Crippen LogP contribution < -0.4 is 0 Å². The number of carbonyl (C=O) groups excluding carboxylic acids is 3. The van der Waals surface area contributed by atoms with Gasteiger partial charge in [-0.3, -0.25) is 14.4 Å². The molecule has 0 spiro atoms. The molecule has 6 heteroatoms. The molecule has 0 saturated carbocycles. The van der Waals surface area contributed by atoms with Crippen LogP contribution >= 0.6 is 0 Å². The molecule has 0 heterocycles. The zero-order valence-corrected chi connectivity index (χ0v) is 47.2. The van der Waals surface area contributed by atoms with Crippen molar-refractivity contribution < 1.29 is 28.6 Å². The topological polar surface area (TPSA) is 78.9 Å². The monoisotopic (exact) mass is 993 g/mol. The average molecular weight is 994 g/mol. The van der Waals surface area contributed by atoms with E-state index in [1.165, 1.54) is 180 Å². The van der Waals surface area contributed by atoms with Gasteiger partial charge in [-0.15, -0.1) is 0 Å². The Morgan fingerprint density at radius 1 is 0.296 bits per heavy atom. The van der Waals surface area contributed by atoms with E-state index in [9.17, 15) is 14.4 Å². The normalized spacial score (nSPS) is 12.4. The smallest absolute Gasteiger partial charge is 0.306 e. The Labute approximate surface area is 440 Å². The van der Waals surface area contributed by atoms with Crippen molar-refractivity contribution in [2.45, 2.75) is 322 Å². The van der Waals surface area contributed by atoms with E-state index < -0.39 is 6.10 Å². The average Bonchev–Trinajstić information content (AvgIpc) is 3.37. The molecule has 71 heavy (non-hydrogen) atoms. The zero-order valence-electron chi connectivity index (χ0n) is 47.2. The number of carbonyl (C=O) groups is 3. The van der Waals surface area contributed by atoms with E-state index in [0.29, 0.717) is 19.3 Å². The molecule has 0 aliphatic heterocycles. The van der Waals surface area contributed by atoms with E-state index in [1.54, 1.807) is 0 Å². The Kier molecular flexibility index (Phi) is 57.2. The molecule has 0 rings (SSSR count). The van der Waals surface area contributed by atoms with E-state index in [4.69, 9.17) is 14.2 Å². The number of rotatable bonds is 56. The minimum atomic E-state index is -0.770. The van der Waals surface area contributed by atoms with Crippen molar-refractivity contribution in [2.24, 2.45) is 0 Å². The number of esters is 3. The van der Waals surface area contributed by atoms with Crippen LogP contribution in [0.4, 0.5) is 0 Å². The summed E-state index contributed by atoms with van der Waals surface area (Å²) in [5.41, 5.74) is 0. The van der Waals surface area contributed by atoms with Crippen LogP contribution in [0.2, 0.25) is 0 Å². The highest BCUT2D eigenvalue weighted by molar-refractivity contribution is 5.71. The fourth-order valence-electron chi connectivity index (χ4n) is 8.89. The molecule has 1 unspecified atom stereocenters. The molecule has 0 aromatic rings. The first-order chi connectivity index (χ1) is 35.0. The highest BCUT2D eigenvalue weighted by Crippen LogP contribution is 2.17. The molecule has 0 aromatic carbocycles. The third-order valence-corrected chi connectivity index (χ3v) is 13.5. The maximum atomic E-state index is 12.7. The minimum absolute atomic E-state index is 0.0725. The molecule has 1 atom stereocenters. The van der Waals surface area contributed by atoms with Gasteiger partial charge >= 0.3 is 17.9 Å². The van der Waals surface area contributed by atoms with Gasteiger partial charge in [0.25, 0.3) is 0 Å². The number of allylic oxidation sites excluding steroid dienone is 10. The first-order valence-corrected chi connectivity index (χ1v) is 30.8. The number of unbranched alkanes of at least 4 members (excludes halogenated alkanes) is 35. The third-order valence-electron chi connectivity index (χ3n) is 13.5. The van der Waals surface area contributed by atoms with Gasteiger partial charge in [-0.05, 0) is 77.0 Å². The van der Waals surface area contributed by atoms with Crippen LogP contribution in [-0.4, -0.2) is 37.2 Å². The first-order valence-electron chi connectivity index (χ1n) is 30.8. The van der Waals surface area contributed by atoms with Crippen LogP contribution in [0.25, 0.3) is 0 Å². The lowest BCUT2D eigenvalue weighted by atomic mass is 10.0. The molecule has 0 N–H and O–H groups in total. The molecule has 0 fully saturated rings. The summed E-state index contributed by atoms with van der Waals surface area (Å²) in [5.74, 6) is -0.877. The summed E-state index contributed by atoms with van der Waals surface area (Å²) < 4.78 is 16.7. The van der Waals surface area contributed by atoms with Gasteiger partial charge in [-0.2, -0.15) is 0 Å². The molecule has 0 amide bonds. The third kappa shape index (κ3) is 57.9. The van der Waals surface area contributed by atoms with Crippen LogP contribution in [-0.2, 0) is 28.6 Å². The Morgan fingerprint density at radius 2 is 0.563 bits per heavy atom. The SMILES string of the molecule is CC/C=C\C/C=C\C/C=C\C/C=C\CCCCCCCCCCCCCCCCCCCCCCCCC(=O)OCC(COC(=O)CCCCCCCCC)OC(=O)CCCCCCC/C=C\CCCC. The summed E-state index contributed by atoms with van der Waals surface area (Å²) in [5, 5.41) is 0. The van der Waals surface area contributed by atoms with E-state index in [2.05, 4.69) is 81.5 Å². The second-order valence-electron chi connectivity index (χ2n) is 20.6. The van der Waals surface area contributed by atoms with Crippen molar-refractivity contribution in [3.8, 4) is 0 Å². The van der Waals surface area contributed by atoms with Gasteiger partial charge in [-0.1, -0.05) is 281 Å². The fourth-order valence-corrected chi connectivity index (χ4v) is 8.89. The van der Waals surface area contributed by atoms with Gasteiger partial charge in [-0.25, -0.2) is 0 Å². The van der Waals surface area contributed by atoms with E-state index in [1.807, 2.05) is 0 Å². The number of ether oxygens (including phenoxy) is 3. The molecule has 0 aliphatic carbocycles. The van der Waals surface area contributed by atoms with Crippen molar-refractivity contribution in [3.63, 3.8) is 0 Å². The predicted octanol–water partition coefficient (Wildman–Crippen LogP) is 20.8. The van der Waals surface area contributed by atoms with Gasteiger partial charge in [0.1, 0.15) is 13.2 Å². The molecular weight excluding hydrogens is 877 g/mol. The first kappa shape index (κ1) is 68.1. The molecule has 0 radical (unpaired) electrons. The van der Waals surface area contributed by atoms with Gasteiger partial charge in [0, 0.05) is 19.3 Å². The maximum absolute atomic E-state index is 12.7. The maximum Gasteiger partial charge on any atom is 0.306 e. The summed E-state index contributed by atoms with van der Waals surface area (Å²) in [7, 11) is 0. The van der Waals surface area contributed by atoms with Gasteiger partial charge in [0.05, 0.1) is 0 Å². The van der Waals surface area contributed by atoms with E-state index in [-0.39, 0.29) is 31.1 Å². The molecule has 0 saturated heterocycles. The zero-order chi connectivity index (χ0) is 51.4. The van der Waals surface area contributed by atoms with Crippen LogP contribution in [0, 0.1) is 0 Å². The quantitative estimate of drug-likeness (QED) is 0.0261. The Bertz CT molecular complexity index is 1280. The highest BCUT2D eigenvalue weighted by atomic mass is 16.6. The Morgan fingerprint density at radius 3 is 0.915 bits per heavy atom. The molecule has 412 valence electrons. The molecule has 0 bridgehead atoms. The second-order valence-corrected chi connectivity index (χ2v) is 20.6. The van der Waals surface area contributed by atoms with E-state index >= 15 is 0 Å². The fraction of sp³-hybridized carbons (Fsp3) is 0.800. The van der Waals surface area contributed by atoms with Crippen molar-refractivity contribution in [2.75, 3.05) is 13.2 Å². The molecule has 0 aromatic heterocycles. The van der Waals surface area contributed by atoms with Gasteiger partial charge in [0.15, 0.2) is 6.10 Å². The lowest BCUT2D eigenvalue weighted by molar-refractivity contribution is -0.167. The standard InChI is InChI=1S/C65H116O6/c1-4-7-10-13-16-18-20-21-22-23-24-25-26-27-28-29-30-31-32-33-34-35-36-37-38-39-40-41-42-43-45-46-49-52-55-58-64(67)70-61-62(60-69-63(66)57-54-51-48-15-12-9-6-3)71-65(68)59-56-53-50-47-44-19-17-14-11-8-5-2/h7,10,14,16-18,21-22,24-25,62H,4-6,8-9,11-13,15,19-20,23,26-61H2,1-3H3/b10-7-,17-14-,18-16-,22-21-,25-24-. The minimum Gasteiger partial charge on any atom is -0.462 e. The van der Waals surface area contributed by atoms with Crippen LogP contribution in [0.5, 0.6) is 0 Å².